The number of fused-ring (bicyclic) bond motifs is 9. The number of hydrogen-bond donors (Lipinski definition) is 1. The lowest BCUT2D eigenvalue weighted by atomic mass is 9.64. The first-order chi connectivity index (χ1) is 22.3. The maximum Gasteiger partial charge on any atom is 0.410 e. The van der Waals surface area contributed by atoms with Crippen LogP contribution in [0.4, 0.5) is 4.79 Å². The Labute approximate surface area is 274 Å². The molecule has 1 aliphatic heterocycles. The van der Waals surface area contributed by atoms with Gasteiger partial charge in [0.25, 0.3) is 0 Å². The zero-order valence-electron chi connectivity index (χ0n) is 27.6. The third kappa shape index (κ3) is 5.70. The second kappa shape index (κ2) is 12.6. The first kappa shape index (κ1) is 31.2. The summed E-state index contributed by atoms with van der Waals surface area (Å²) in [6.45, 7) is 5.57. The Kier molecular flexibility index (Phi) is 8.56. The largest absolute Gasteiger partial charge is 0.440 e. The van der Waals surface area contributed by atoms with Crippen molar-refractivity contribution in [2.75, 3.05) is 6.54 Å². The fraction of sp³-hybridized carbons (Fsp3) is 0.512. The molecule has 4 aliphatic carbocycles. The number of ether oxygens (including phenoxy) is 1. The second-order valence-corrected chi connectivity index (χ2v) is 15.0. The van der Waals surface area contributed by atoms with Crippen molar-refractivity contribution in [1.82, 2.24) is 4.90 Å². The van der Waals surface area contributed by atoms with E-state index in [0.717, 1.165) is 80.0 Å². The number of rotatable bonds is 4. The van der Waals surface area contributed by atoms with Crippen LogP contribution < -0.4 is 0 Å². The van der Waals surface area contributed by atoms with Gasteiger partial charge in [0.05, 0.1) is 12.6 Å². The standard InChI is InChI=1S/C41H49NO4/c1-28-10-9-22-40(2)37(35-20-18-29(24-33(43)19-17-28)25-36(35)38(44)31-12-4-3-5-13-31)21-23-41(40)27-42(39(45)46-41)26-32-15-8-14-30-11-6-7-16-34(30)32/h6-8,10-11,14-16,18,20,25,31,33,37,43H,3-5,9,12-13,17,19,21-24,26-27H2,1-2H3/t33-,37-,40-,41+/m0/s1. The van der Waals surface area contributed by atoms with Crippen molar-refractivity contribution in [2.45, 2.75) is 115 Å². The lowest BCUT2D eigenvalue weighted by Gasteiger charge is -2.43. The van der Waals surface area contributed by atoms with Crippen LogP contribution in [0.3, 0.4) is 0 Å². The normalized spacial score (nSPS) is 29.1. The van der Waals surface area contributed by atoms with Gasteiger partial charge in [0.2, 0.25) is 0 Å². The summed E-state index contributed by atoms with van der Waals surface area (Å²) in [6.07, 6.45) is 12.5. The van der Waals surface area contributed by atoms with Crippen LogP contribution in [-0.2, 0) is 17.7 Å². The number of amides is 1. The molecule has 5 heteroatoms. The molecular weight excluding hydrogens is 570 g/mol. The minimum atomic E-state index is -0.627. The van der Waals surface area contributed by atoms with Gasteiger partial charge in [-0.25, -0.2) is 4.79 Å². The summed E-state index contributed by atoms with van der Waals surface area (Å²) in [5, 5.41) is 13.3. The van der Waals surface area contributed by atoms with Gasteiger partial charge in [-0.05, 0) is 104 Å². The summed E-state index contributed by atoms with van der Waals surface area (Å²) in [4.78, 5) is 30.0. The number of carbonyl (C=O) groups is 2. The number of aliphatic hydroxyl groups excluding tert-OH is 1. The summed E-state index contributed by atoms with van der Waals surface area (Å²) in [5.74, 6) is 0.438. The van der Waals surface area contributed by atoms with Crippen molar-refractivity contribution in [2.24, 2.45) is 11.3 Å². The summed E-state index contributed by atoms with van der Waals surface area (Å²) < 4.78 is 6.59. The van der Waals surface area contributed by atoms with Gasteiger partial charge in [-0.3, -0.25) is 9.69 Å². The Morgan fingerprint density at radius 2 is 1.78 bits per heavy atom. The molecule has 1 saturated heterocycles. The molecule has 2 bridgehead atoms. The molecule has 1 spiro atoms. The van der Waals surface area contributed by atoms with Crippen LogP contribution in [0.1, 0.15) is 117 Å². The van der Waals surface area contributed by atoms with E-state index in [-0.39, 0.29) is 29.1 Å². The monoisotopic (exact) mass is 619 g/mol. The Bertz CT molecular complexity index is 1650. The van der Waals surface area contributed by atoms with Crippen molar-refractivity contribution < 1.29 is 19.4 Å². The van der Waals surface area contributed by atoms with Gasteiger partial charge in [-0.2, -0.15) is 0 Å². The van der Waals surface area contributed by atoms with Crippen LogP contribution in [0.5, 0.6) is 0 Å². The van der Waals surface area contributed by atoms with Gasteiger partial charge in [0, 0.05) is 23.4 Å². The lowest BCUT2D eigenvalue weighted by Crippen LogP contribution is -2.48. The van der Waals surface area contributed by atoms with Crippen LogP contribution in [0.25, 0.3) is 10.8 Å². The highest BCUT2D eigenvalue weighted by molar-refractivity contribution is 5.99. The number of nitrogens with zero attached hydrogens (tertiary/aromatic N) is 1. The van der Waals surface area contributed by atoms with Crippen LogP contribution in [0.2, 0.25) is 0 Å². The number of ketones is 1. The summed E-state index contributed by atoms with van der Waals surface area (Å²) in [7, 11) is 0. The van der Waals surface area contributed by atoms with Gasteiger partial charge in [0.1, 0.15) is 5.60 Å². The van der Waals surface area contributed by atoms with Crippen molar-refractivity contribution >= 4 is 22.6 Å². The number of allylic oxidation sites excluding steroid dienone is 2. The number of Topliss-reactive ketones (excluding diaryl/α,β-unsaturated/α-hetero) is 1. The maximum absolute atomic E-state index is 14.3. The van der Waals surface area contributed by atoms with Gasteiger partial charge < -0.3 is 9.84 Å². The van der Waals surface area contributed by atoms with Gasteiger partial charge >= 0.3 is 6.09 Å². The van der Waals surface area contributed by atoms with E-state index in [1.807, 2.05) is 4.90 Å². The molecule has 1 N–H and O–H groups in total. The number of benzene rings is 3. The predicted octanol–water partition coefficient (Wildman–Crippen LogP) is 9.30. The zero-order valence-corrected chi connectivity index (χ0v) is 27.6. The van der Waals surface area contributed by atoms with E-state index in [9.17, 15) is 14.7 Å². The summed E-state index contributed by atoms with van der Waals surface area (Å²) >= 11 is 0. The molecule has 1 amide bonds. The highest BCUT2D eigenvalue weighted by Crippen LogP contribution is 2.62. The van der Waals surface area contributed by atoms with Gasteiger partial charge in [-0.1, -0.05) is 92.4 Å². The van der Waals surface area contributed by atoms with Crippen molar-refractivity contribution in [3.63, 3.8) is 0 Å². The molecule has 2 saturated carbocycles. The summed E-state index contributed by atoms with van der Waals surface area (Å²) in [6, 6.07) is 21.1. The van der Waals surface area contributed by atoms with E-state index in [1.54, 1.807) is 0 Å². The van der Waals surface area contributed by atoms with Crippen LogP contribution >= 0.6 is 0 Å². The van der Waals surface area contributed by atoms with E-state index in [1.165, 1.54) is 22.8 Å². The van der Waals surface area contributed by atoms with Crippen LogP contribution in [-0.4, -0.2) is 40.1 Å². The Morgan fingerprint density at radius 1 is 0.978 bits per heavy atom. The Balaban J connectivity index is 1.27. The van der Waals surface area contributed by atoms with Gasteiger partial charge in [0.15, 0.2) is 5.78 Å². The van der Waals surface area contributed by atoms with Crippen LogP contribution in [0, 0.1) is 11.3 Å². The molecule has 5 aliphatic rings. The molecular formula is C41H49NO4. The van der Waals surface area contributed by atoms with Gasteiger partial charge in [-0.15, -0.1) is 0 Å². The molecule has 5 nitrogen and oxygen atoms in total. The first-order valence-electron chi connectivity index (χ1n) is 17.7. The number of carbonyl (C=O) groups excluding carboxylic acids is 2. The second-order valence-electron chi connectivity index (χ2n) is 15.0. The van der Waals surface area contributed by atoms with E-state index >= 15 is 0 Å². The molecule has 0 radical (unpaired) electrons. The van der Waals surface area contributed by atoms with E-state index in [4.69, 9.17) is 4.74 Å². The average Bonchev–Trinajstić information content (AvgIpc) is 3.53. The zero-order chi connectivity index (χ0) is 31.9. The first-order valence-corrected chi connectivity index (χ1v) is 17.7. The molecule has 242 valence electrons. The SMILES string of the molecule is CC1=CCC[C@@]2(C)[C@@H](CC[C@@]23CN(Cc2cccc4ccccc24)C(=O)O3)c2ccc(cc2C(=O)C2CCCCC2)C[C@@H](O)CC1. The fourth-order valence-corrected chi connectivity index (χ4v) is 9.34. The third-order valence-corrected chi connectivity index (χ3v) is 12.1. The lowest BCUT2D eigenvalue weighted by molar-refractivity contribution is -0.0373. The molecule has 3 aromatic carbocycles. The van der Waals surface area contributed by atoms with E-state index in [0.29, 0.717) is 25.9 Å². The minimum absolute atomic E-state index is 0.0688. The Morgan fingerprint density at radius 3 is 2.63 bits per heavy atom. The van der Waals surface area contributed by atoms with Crippen LogP contribution in [0.15, 0.2) is 72.3 Å². The highest BCUT2D eigenvalue weighted by Gasteiger charge is 2.64. The molecule has 3 fully saturated rings. The molecule has 8 rings (SSSR count). The molecule has 3 aromatic rings. The number of aliphatic hydroxyl groups is 1. The van der Waals surface area contributed by atoms with Crippen molar-refractivity contribution in [3.8, 4) is 0 Å². The highest BCUT2D eigenvalue weighted by atomic mass is 16.6. The average molecular weight is 620 g/mol. The molecule has 1 heterocycles. The minimum Gasteiger partial charge on any atom is -0.440 e. The smallest absolute Gasteiger partial charge is 0.410 e. The molecule has 0 unspecified atom stereocenters. The fourth-order valence-electron chi connectivity index (χ4n) is 9.34. The molecule has 46 heavy (non-hydrogen) atoms. The maximum atomic E-state index is 14.3. The van der Waals surface area contributed by atoms with Crippen molar-refractivity contribution in [1.29, 1.82) is 0 Å². The molecule has 0 aromatic heterocycles. The van der Waals surface area contributed by atoms with Crippen molar-refractivity contribution in [3.05, 3.63) is 94.6 Å². The topological polar surface area (TPSA) is 66.8 Å². The third-order valence-electron chi connectivity index (χ3n) is 12.1. The van der Waals surface area contributed by atoms with E-state index < -0.39 is 11.7 Å². The van der Waals surface area contributed by atoms with E-state index in [2.05, 4.69) is 80.6 Å². The number of hydrogen-bond acceptors (Lipinski definition) is 4. The Hall–Kier alpha value is -3.44. The predicted molar refractivity (Wildman–Crippen MR) is 183 cm³/mol. The summed E-state index contributed by atoms with van der Waals surface area (Å²) in [5.41, 5.74) is 4.47. The molecule has 4 atom stereocenters. The quantitative estimate of drug-likeness (QED) is 0.233.